The van der Waals surface area contributed by atoms with Crippen LogP contribution in [0.4, 0.5) is 0 Å². The normalized spacial score (nSPS) is 11.7. The van der Waals surface area contributed by atoms with Gasteiger partial charge in [-0.05, 0) is 67.7 Å². The van der Waals surface area contributed by atoms with Gasteiger partial charge in [-0.3, -0.25) is 0 Å². The third kappa shape index (κ3) is 4.49. The molecule has 0 aliphatic heterocycles. The Morgan fingerprint density at radius 1 is 0.306 bits per heavy atom. The summed E-state index contributed by atoms with van der Waals surface area (Å²) in [6.07, 6.45) is 0. The Hall–Kier alpha value is -6.65. The summed E-state index contributed by atoms with van der Waals surface area (Å²) < 4.78 is 6.40. The minimum Gasteiger partial charge on any atom is -0.455 e. The van der Waals surface area contributed by atoms with Gasteiger partial charge in [-0.2, -0.15) is 0 Å². The molecule has 0 spiro atoms. The predicted octanol–water partition coefficient (Wildman–Crippen LogP) is 11.9. The van der Waals surface area contributed by atoms with Crippen molar-refractivity contribution < 1.29 is 4.42 Å². The number of fused-ring (bicyclic) bond motifs is 9. The zero-order valence-corrected chi connectivity index (χ0v) is 26.3. The van der Waals surface area contributed by atoms with Crippen LogP contribution in [0.3, 0.4) is 0 Å². The van der Waals surface area contributed by atoms with Crippen molar-refractivity contribution in [1.82, 2.24) is 15.0 Å². The summed E-state index contributed by atoms with van der Waals surface area (Å²) in [6.45, 7) is 0. The lowest BCUT2D eigenvalue weighted by atomic mass is 9.92. The van der Waals surface area contributed by atoms with Crippen molar-refractivity contribution in [3.05, 3.63) is 164 Å². The Morgan fingerprint density at radius 3 is 1.57 bits per heavy atom. The van der Waals surface area contributed by atoms with Crippen LogP contribution in [0.5, 0.6) is 0 Å². The molecule has 0 aliphatic carbocycles. The smallest absolute Gasteiger partial charge is 0.167 e. The van der Waals surface area contributed by atoms with Gasteiger partial charge in [0.1, 0.15) is 11.2 Å². The van der Waals surface area contributed by atoms with Gasteiger partial charge in [0.2, 0.25) is 0 Å². The summed E-state index contributed by atoms with van der Waals surface area (Å²) in [6, 6.07) is 57.0. The Morgan fingerprint density at radius 2 is 0.816 bits per heavy atom. The minimum atomic E-state index is 0.572. The van der Waals surface area contributed by atoms with Gasteiger partial charge in [0.15, 0.2) is 17.5 Å². The molecule has 4 nitrogen and oxygen atoms in total. The maximum absolute atomic E-state index is 6.40. The first-order valence-corrected chi connectivity index (χ1v) is 16.4. The van der Waals surface area contributed by atoms with E-state index in [1.807, 2.05) is 60.7 Å². The molecule has 4 heteroatoms. The predicted molar refractivity (Wildman–Crippen MR) is 201 cm³/mol. The maximum Gasteiger partial charge on any atom is 0.167 e. The Kier molecular flexibility index (Phi) is 6.15. The van der Waals surface area contributed by atoms with Crippen LogP contribution in [-0.4, -0.2) is 15.0 Å². The van der Waals surface area contributed by atoms with Crippen LogP contribution in [0.2, 0.25) is 0 Å². The third-order valence-corrected chi connectivity index (χ3v) is 9.51. The SMILES string of the molecule is c1ccc(-c2nc(-c3cccc(-c4ccc5c6ccccc6c6ccccc6c5c4)c3)nc(-c3cccc4c3oc3ccccc34)n2)cc1. The molecule has 0 amide bonds. The number of para-hydroxylation sites is 2. The van der Waals surface area contributed by atoms with Gasteiger partial charge in [0.05, 0.1) is 5.56 Å². The molecule has 0 saturated carbocycles. The van der Waals surface area contributed by atoms with E-state index in [-0.39, 0.29) is 0 Å². The molecule has 0 saturated heterocycles. The van der Waals surface area contributed by atoms with Crippen molar-refractivity contribution in [2.45, 2.75) is 0 Å². The summed E-state index contributed by atoms with van der Waals surface area (Å²) in [4.78, 5) is 15.1. The van der Waals surface area contributed by atoms with E-state index >= 15 is 0 Å². The van der Waals surface area contributed by atoms with Crippen LogP contribution in [0, 0.1) is 0 Å². The lowest BCUT2D eigenvalue weighted by Gasteiger charge is -2.13. The first-order valence-electron chi connectivity index (χ1n) is 16.4. The van der Waals surface area contributed by atoms with Gasteiger partial charge in [-0.15, -0.1) is 0 Å². The number of aromatic nitrogens is 3. The maximum atomic E-state index is 6.40. The molecule has 49 heavy (non-hydrogen) atoms. The molecular weight excluding hydrogens is 599 g/mol. The lowest BCUT2D eigenvalue weighted by molar-refractivity contribution is 0.669. The number of furan rings is 1. The summed E-state index contributed by atoms with van der Waals surface area (Å²) in [5.74, 6) is 1.79. The van der Waals surface area contributed by atoms with E-state index in [0.717, 1.165) is 49.8 Å². The first-order chi connectivity index (χ1) is 24.3. The lowest BCUT2D eigenvalue weighted by Crippen LogP contribution is -2.00. The average Bonchev–Trinajstić information content (AvgIpc) is 3.57. The molecule has 8 aromatic carbocycles. The van der Waals surface area contributed by atoms with Crippen molar-refractivity contribution >= 4 is 54.3 Å². The Bertz CT molecular complexity index is 2860. The molecule has 10 rings (SSSR count). The molecule has 228 valence electrons. The van der Waals surface area contributed by atoms with Crippen LogP contribution in [0.15, 0.2) is 168 Å². The highest BCUT2D eigenvalue weighted by Crippen LogP contribution is 2.39. The molecule has 0 radical (unpaired) electrons. The van der Waals surface area contributed by atoms with Crippen LogP contribution in [0.25, 0.3) is 99.5 Å². The van der Waals surface area contributed by atoms with E-state index in [0.29, 0.717) is 17.5 Å². The first kappa shape index (κ1) is 27.5. The summed E-state index contributed by atoms with van der Waals surface area (Å²) in [7, 11) is 0. The molecule has 0 N–H and O–H groups in total. The number of rotatable bonds is 4. The van der Waals surface area contributed by atoms with Crippen molar-refractivity contribution in [2.24, 2.45) is 0 Å². The zero-order chi connectivity index (χ0) is 32.3. The molecule has 0 bridgehead atoms. The molecule has 10 aromatic rings. The molecule has 2 heterocycles. The van der Waals surface area contributed by atoms with Gasteiger partial charge in [0, 0.05) is 21.9 Å². The fourth-order valence-electron chi connectivity index (χ4n) is 7.19. The molecule has 0 atom stereocenters. The minimum absolute atomic E-state index is 0.572. The topological polar surface area (TPSA) is 51.8 Å². The van der Waals surface area contributed by atoms with Crippen molar-refractivity contribution in [3.63, 3.8) is 0 Å². The van der Waals surface area contributed by atoms with Crippen molar-refractivity contribution in [2.75, 3.05) is 0 Å². The zero-order valence-electron chi connectivity index (χ0n) is 26.3. The second-order valence-electron chi connectivity index (χ2n) is 12.4. The quantitative estimate of drug-likeness (QED) is 0.183. The van der Waals surface area contributed by atoms with E-state index in [2.05, 4.69) is 103 Å². The van der Waals surface area contributed by atoms with Crippen LogP contribution < -0.4 is 0 Å². The highest BCUT2D eigenvalue weighted by molar-refractivity contribution is 6.25. The number of benzene rings is 8. The van der Waals surface area contributed by atoms with E-state index in [1.54, 1.807) is 0 Å². The van der Waals surface area contributed by atoms with Gasteiger partial charge in [-0.1, -0.05) is 140 Å². The van der Waals surface area contributed by atoms with Crippen LogP contribution in [0.1, 0.15) is 0 Å². The van der Waals surface area contributed by atoms with Gasteiger partial charge < -0.3 is 4.42 Å². The largest absolute Gasteiger partial charge is 0.455 e. The summed E-state index contributed by atoms with van der Waals surface area (Å²) >= 11 is 0. The third-order valence-electron chi connectivity index (χ3n) is 9.51. The number of hydrogen-bond acceptors (Lipinski definition) is 4. The second-order valence-corrected chi connectivity index (χ2v) is 12.4. The fourth-order valence-corrected chi connectivity index (χ4v) is 7.19. The molecule has 0 unspecified atom stereocenters. The van der Waals surface area contributed by atoms with Crippen LogP contribution in [-0.2, 0) is 0 Å². The average molecular weight is 626 g/mol. The van der Waals surface area contributed by atoms with Crippen LogP contribution >= 0.6 is 0 Å². The van der Waals surface area contributed by atoms with Crippen molar-refractivity contribution in [3.8, 4) is 45.3 Å². The molecule has 0 fully saturated rings. The van der Waals surface area contributed by atoms with Gasteiger partial charge in [0.25, 0.3) is 0 Å². The Balaban J connectivity index is 1.15. The monoisotopic (exact) mass is 625 g/mol. The number of nitrogens with zero attached hydrogens (tertiary/aromatic N) is 3. The summed E-state index contributed by atoms with van der Waals surface area (Å²) in [5, 5.41) is 9.66. The highest BCUT2D eigenvalue weighted by Gasteiger charge is 2.18. The molecular formula is C45H27N3O. The van der Waals surface area contributed by atoms with E-state index in [4.69, 9.17) is 19.4 Å². The molecule has 0 aliphatic rings. The van der Waals surface area contributed by atoms with E-state index < -0.39 is 0 Å². The van der Waals surface area contributed by atoms with E-state index in [1.165, 1.54) is 32.3 Å². The van der Waals surface area contributed by atoms with Crippen molar-refractivity contribution in [1.29, 1.82) is 0 Å². The second kappa shape index (κ2) is 11.0. The van der Waals surface area contributed by atoms with Gasteiger partial charge >= 0.3 is 0 Å². The standard InChI is InChI=1S/C45H27N3O/c1-2-12-28(13-3-1)43-46-44(48-45(47-43)39-22-11-21-38-37-20-8-9-23-41(37)49-42(38)39)31-15-10-14-29(26-31)30-24-25-36-34-18-5-4-16-32(34)33-17-6-7-19-35(33)40(36)27-30/h1-27H. The fraction of sp³-hybridized carbons (Fsp3) is 0. The highest BCUT2D eigenvalue weighted by atomic mass is 16.3. The molecule has 2 aromatic heterocycles. The van der Waals surface area contributed by atoms with Gasteiger partial charge in [-0.25, -0.2) is 15.0 Å². The summed E-state index contributed by atoms with van der Waals surface area (Å²) in [5.41, 5.74) is 6.52. The Labute approximate surface area is 282 Å². The number of hydrogen-bond donors (Lipinski definition) is 0. The van der Waals surface area contributed by atoms with E-state index in [9.17, 15) is 0 Å².